The van der Waals surface area contributed by atoms with Crippen LogP contribution in [-0.2, 0) is 6.54 Å². The number of hydrogen-bond acceptors (Lipinski definition) is 6. The summed E-state index contributed by atoms with van der Waals surface area (Å²) in [5, 5.41) is 12.2. The number of ether oxygens (including phenoxy) is 1. The number of nitrogens with one attached hydrogen (secondary N) is 1. The van der Waals surface area contributed by atoms with Crippen LogP contribution >= 0.6 is 0 Å². The van der Waals surface area contributed by atoms with Gasteiger partial charge >= 0.3 is 5.69 Å². The van der Waals surface area contributed by atoms with E-state index in [1.54, 1.807) is 4.57 Å². The lowest BCUT2D eigenvalue weighted by molar-refractivity contribution is 0.318. The number of rotatable bonds is 9. The Kier molecular flexibility index (Phi) is 6.48. The molecule has 154 valence electrons. The zero-order valence-electron chi connectivity index (χ0n) is 16.7. The van der Waals surface area contributed by atoms with Crippen LogP contribution in [0.4, 0.5) is 0 Å². The van der Waals surface area contributed by atoms with Gasteiger partial charge in [-0.1, -0.05) is 31.3 Å². The molecule has 0 aliphatic heterocycles. The Hall–Kier alpha value is -3.36. The Morgan fingerprint density at radius 1 is 1.21 bits per heavy atom. The zero-order chi connectivity index (χ0) is 20.8. The van der Waals surface area contributed by atoms with E-state index in [1.807, 2.05) is 31.2 Å². The Bertz CT molecular complexity index is 1050. The maximum Gasteiger partial charge on any atom is 0.327 e. The molecule has 29 heavy (non-hydrogen) atoms. The average Bonchev–Trinajstić information content (AvgIpc) is 3.06. The molecule has 2 heterocycles. The molecular weight excluding hydrogens is 372 g/mol. The highest BCUT2D eigenvalue weighted by atomic mass is 16.5. The first-order chi connectivity index (χ1) is 14.1. The van der Waals surface area contributed by atoms with Crippen molar-refractivity contribution in [2.75, 3.05) is 6.61 Å². The van der Waals surface area contributed by atoms with Crippen LogP contribution in [0.5, 0.6) is 5.75 Å². The number of oxime groups is 1. The lowest BCUT2D eigenvalue weighted by Crippen LogP contribution is -2.17. The van der Waals surface area contributed by atoms with Crippen LogP contribution < -0.4 is 16.2 Å². The monoisotopic (exact) mass is 398 g/mol. The van der Waals surface area contributed by atoms with E-state index in [0.717, 1.165) is 37.0 Å². The highest BCUT2D eigenvalue weighted by Gasteiger charge is 2.18. The first-order valence-corrected chi connectivity index (χ1v) is 9.80. The van der Waals surface area contributed by atoms with Crippen LogP contribution in [-0.4, -0.2) is 37.2 Å². The van der Waals surface area contributed by atoms with Gasteiger partial charge < -0.3 is 20.7 Å². The van der Waals surface area contributed by atoms with Crippen LogP contribution in [0, 0.1) is 0 Å². The van der Waals surface area contributed by atoms with E-state index < -0.39 is 0 Å². The second kappa shape index (κ2) is 9.22. The van der Waals surface area contributed by atoms with Gasteiger partial charge in [0.1, 0.15) is 17.0 Å². The Morgan fingerprint density at radius 2 is 1.97 bits per heavy atom. The molecule has 2 aromatic heterocycles. The minimum absolute atomic E-state index is 0.186. The minimum Gasteiger partial charge on any atom is -0.494 e. The lowest BCUT2D eigenvalue weighted by Gasteiger charge is -2.08. The van der Waals surface area contributed by atoms with Crippen molar-refractivity contribution >= 4 is 17.0 Å². The SMILES string of the molecule is CCCCCCn1c(=O)[nH]c2c(C(N)=NO)nc(-c3ccc(OCC)cc3)nc21. The molecule has 9 heteroatoms. The van der Waals surface area contributed by atoms with Gasteiger partial charge in [-0.3, -0.25) is 4.57 Å². The molecule has 9 nitrogen and oxygen atoms in total. The fraction of sp³-hybridized carbons (Fsp3) is 0.400. The number of aromatic amines is 1. The smallest absolute Gasteiger partial charge is 0.327 e. The highest BCUT2D eigenvalue weighted by Crippen LogP contribution is 2.23. The number of unbranched alkanes of at least 4 members (excludes halogenated alkanes) is 3. The van der Waals surface area contributed by atoms with Crippen molar-refractivity contribution in [2.24, 2.45) is 10.9 Å². The van der Waals surface area contributed by atoms with E-state index in [4.69, 9.17) is 15.7 Å². The quantitative estimate of drug-likeness (QED) is 0.167. The molecule has 0 saturated carbocycles. The molecule has 0 atom stereocenters. The molecule has 0 fully saturated rings. The van der Waals surface area contributed by atoms with Crippen molar-refractivity contribution < 1.29 is 9.94 Å². The third-order valence-corrected chi connectivity index (χ3v) is 4.63. The summed E-state index contributed by atoms with van der Waals surface area (Å²) in [5.74, 6) is 0.927. The van der Waals surface area contributed by atoms with Crippen molar-refractivity contribution in [1.82, 2.24) is 19.5 Å². The van der Waals surface area contributed by atoms with Gasteiger partial charge in [-0.15, -0.1) is 0 Å². The molecule has 1 aromatic carbocycles. The number of hydrogen-bond donors (Lipinski definition) is 3. The maximum absolute atomic E-state index is 12.5. The Morgan fingerprint density at radius 3 is 2.62 bits per heavy atom. The van der Waals surface area contributed by atoms with Crippen molar-refractivity contribution in [2.45, 2.75) is 46.1 Å². The molecule has 3 rings (SSSR count). The summed E-state index contributed by atoms with van der Waals surface area (Å²) in [6.07, 6.45) is 4.11. The van der Waals surface area contributed by atoms with Crippen molar-refractivity contribution in [1.29, 1.82) is 0 Å². The topological polar surface area (TPSA) is 131 Å². The fourth-order valence-corrected chi connectivity index (χ4v) is 3.16. The largest absolute Gasteiger partial charge is 0.494 e. The van der Waals surface area contributed by atoms with Crippen LogP contribution in [0.15, 0.2) is 34.2 Å². The number of aromatic nitrogens is 4. The molecule has 0 radical (unpaired) electrons. The van der Waals surface area contributed by atoms with Crippen LogP contribution in [0.2, 0.25) is 0 Å². The summed E-state index contributed by atoms with van der Waals surface area (Å²) in [4.78, 5) is 24.3. The molecule has 0 saturated heterocycles. The number of imidazole rings is 1. The third kappa shape index (κ3) is 4.39. The van der Waals surface area contributed by atoms with Gasteiger partial charge in [0.15, 0.2) is 17.3 Å². The molecular formula is C20H26N6O3. The molecule has 0 aliphatic carbocycles. The third-order valence-electron chi connectivity index (χ3n) is 4.63. The molecule has 4 N–H and O–H groups in total. The number of nitrogens with zero attached hydrogens (tertiary/aromatic N) is 4. The predicted octanol–water partition coefficient (Wildman–Crippen LogP) is 2.86. The van der Waals surface area contributed by atoms with E-state index >= 15 is 0 Å². The second-order valence-electron chi connectivity index (χ2n) is 6.68. The van der Waals surface area contributed by atoms with Gasteiger partial charge in [0.05, 0.1) is 6.61 Å². The normalized spacial score (nSPS) is 11.9. The summed E-state index contributed by atoms with van der Waals surface area (Å²) < 4.78 is 7.05. The van der Waals surface area contributed by atoms with Crippen molar-refractivity contribution in [3.8, 4) is 17.1 Å². The predicted molar refractivity (Wildman–Crippen MR) is 111 cm³/mol. The van der Waals surface area contributed by atoms with E-state index in [1.165, 1.54) is 0 Å². The number of fused-ring (bicyclic) bond motifs is 1. The van der Waals surface area contributed by atoms with Gasteiger partial charge in [0, 0.05) is 12.1 Å². The second-order valence-corrected chi connectivity index (χ2v) is 6.68. The summed E-state index contributed by atoms with van der Waals surface area (Å²) in [7, 11) is 0. The number of H-pyrrole nitrogens is 1. The standard InChI is InChI=1S/C20H26N6O3/c1-3-5-6-7-12-26-19-16(23-20(26)27)15(17(21)25-28)22-18(24-19)13-8-10-14(11-9-13)29-4-2/h8-11,28H,3-7,12H2,1-2H3,(H2,21,25)(H,23,27). The average molecular weight is 398 g/mol. The van der Waals surface area contributed by atoms with Gasteiger partial charge in [0.2, 0.25) is 0 Å². The zero-order valence-corrected chi connectivity index (χ0v) is 16.7. The van der Waals surface area contributed by atoms with E-state index in [-0.39, 0.29) is 17.2 Å². The first kappa shape index (κ1) is 20.4. The summed E-state index contributed by atoms with van der Waals surface area (Å²) in [5.41, 5.74) is 7.25. The summed E-state index contributed by atoms with van der Waals surface area (Å²) >= 11 is 0. The summed E-state index contributed by atoms with van der Waals surface area (Å²) in [6, 6.07) is 7.31. The fourth-order valence-electron chi connectivity index (χ4n) is 3.16. The number of nitrogens with two attached hydrogens (primary N) is 1. The number of benzene rings is 1. The lowest BCUT2D eigenvalue weighted by atomic mass is 10.2. The Labute approximate surface area is 168 Å². The van der Waals surface area contributed by atoms with Gasteiger partial charge in [-0.05, 0) is 37.6 Å². The van der Waals surface area contributed by atoms with Gasteiger partial charge in [-0.2, -0.15) is 0 Å². The molecule has 0 unspecified atom stereocenters. The van der Waals surface area contributed by atoms with E-state index in [9.17, 15) is 4.79 Å². The van der Waals surface area contributed by atoms with E-state index in [2.05, 4.69) is 27.0 Å². The number of aryl methyl sites for hydroxylation is 1. The van der Waals surface area contributed by atoms with Crippen LogP contribution in [0.25, 0.3) is 22.6 Å². The highest BCUT2D eigenvalue weighted by molar-refractivity contribution is 6.04. The van der Waals surface area contributed by atoms with Crippen molar-refractivity contribution in [3.05, 3.63) is 40.4 Å². The first-order valence-electron chi connectivity index (χ1n) is 9.80. The molecule has 0 spiro atoms. The van der Waals surface area contributed by atoms with E-state index in [0.29, 0.717) is 30.1 Å². The Balaban J connectivity index is 2.09. The number of amidine groups is 1. The molecule has 3 aromatic rings. The molecule has 0 amide bonds. The van der Waals surface area contributed by atoms with Gasteiger partial charge in [0.25, 0.3) is 0 Å². The van der Waals surface area contributed by atoms with Crippen LogP contribution in [0.3, 0.4) is 0 Å². The molecule has 0 bridgehead atoms. The van der Waals surface area contributed by atoms with Gasteiger partial charge in [-0.25, -0.2) is 14.8 Å². The van der Waals surface area contributed by atoms with Crippen molar-refractivity contribution in [3.63, 3.8) is 0 Å². The van der Waals surface area contributed by atoms with Crippen LogP contribution in [0.1, 0.15) is 45.2 Å². The minimum atomic E-state index is -0.290. The maximum atomic E-state index is 12.5. The molecule has 0 aliphatic rings. The summed E-state index contributed by atoms with van der Waals surface area (Å²) in [6.45, 7) is 5.16.